The summed E-state index contributed by atoms with van der Waals surface area (Å²) >= 11 is 0. The largest absolute Gasteiger partial charge is 0.351 e. The second-order valence-electron chi connectivity index (χ2n) is 7.44. The number of imide groups is 1. The number of nitrogens with one attached hydrogen (secondary N) is 2. The molecule has 2 saturated heterocycles. The van der Waals surface area contributed by atoms with Crippen molar-refractivity contribution in [2.24, 2.45) is 0 Å². The van der Waals surface area contributed by atoms with E-state index in [4.69, 9.17) is 0 Å². The molecule has 2 aliphatic heterocycles. The van der Waals surface area contributed by atoms with Gasteiger partial charge in [0.15, 0.2) is 0 Å². The minimum atomic E-state index is -0.438. The van der Waals surface area contributed by atoms with Crippen LogP contribution in [0.3, 0.4) is 0 Å². The SMILES string of the molecule is O=C1CN(c2ccc(C(=O)NCCN3CCC(c4ccccc4)C3)cc2)C(=O)N1. The second-order valence-corrected chi connectivity index (χ2v) is 7.44. The van der Waals surface area contributed by atoms with Gasteiger partial charge in [0.25, 0.3) is 5.91 Å². The fourth-order valence-electron chi connectivity index (χ4n) is 3.91. The molecule has 2 aromatic carbocycles. The van der Waals surface area contributed by atoms with E-state index < -0.39 is 6.03 Å². The van der Waals surface area contributed by atoms with E-state index in [0.29, 0.717) is 23.7 Å². The first-order valence-corrected chi connectivity index (χ1v) is 9.87. The maximum Gasteiger partial charge on any atom is 0.329 e. The summed E-state index contributed by atoms with van der Waals surface area (Å²) in [6, 6.07) is 16.8. The first-order chi connectivity index (χ1) is 14.1. The lowest BCUT2D eigenvalue weighted by molar-refractivity contribution is -0.117. The highest BCUT2D eigenvalue weighted by Gasteiger charge is 2.28. The normalized spacial score (nSPS) is 19.4. The van der Waals surface area contributed by atoms with E-state index in [1.807, 2.05) is 6.07 Å². The number of likely N-dealkylation sites (tertiary alicyclic amines) is 1. The van der Waals surface area contributed by atoms with Crippen LogP contribution in [0.4, 0.5) is 10.5 Å². The molecule has 1 atom stereocenters. The second kappa shape index (κ2) is 8.45. The molecule has 0 spiro atoms. The van der Waals surface area contributed by atoms with Crippen LogP contribution in [0.25, 0.3) is 0 Å². The summed E-state index contributed by atoms with van der Waals surface area (Å²) in [5, 5.41) is 5.19. The Hall–Kier alpha value is -3.19. The highest BCUT2D eigenvalue weighted by Crippen LogP contribution is 2.26. The number of carbonyl (C=O) groups excluding carboxylic acids is 3. The van der Waals surface area contributed by atoms with Crippen molar-refractivity contribution in [3.63, 3.8) is 0 Å². The van der Waals surface area contributed by atoms with E-state index >= 15 is 0 Å². The number of benzene rings is 2. The van der Waals surface area contributed by atoms with Gasteiger partial charge in [-0.3, -0.25) is 19.8 Å². The molecular weight excluding hydrogens is 368 g/mol. The molecule has 0 bridgehead atoms. The molecule has 2 fully saturated rings. The van der Waals surface area contributed by atoms with Crippen LogP contribution < -0.4 is 15.5 Å². The molecule has 2 heterocycles. The van der Waals surface area contributed by atoms with Crippen LogP contribution in [-0.4, -0.2) is 55.5 Å². The van der Waals surface area contributed by atoms with Crippen molar-refractivity contribution in [1.29, 1.82) is 0 Å². The van der Waals surface area contributed by atoms with Crippen molar-refractivity contribution in [3.05, 3.63) is 65.7 Å². The van der Waals surface area contributed by atoms with Crippen molar-refractivity contribution in [2.45, 2.75) is 12.3 Å². The molecule has 150 valence electrons. The van der Waals surface area contributed by atoms with E-state index in [1.165, 1.54) is 10.5 Å². The van der Waals surface area contributed by atoms with E-state index in [1.54, 1.807) is 24.3 Å². The first kappa shape index (κ1) is 19.1. The Labute approximate surface area is 169 Å². The summed E-state index contributed by atoms with van der Waals surface area (Å²) in [5.41, 5.74) is 2.50. The van der Waals surface area contributed by atoms with Gasteiger partial charge >= 0.3 is 6.03 Å². The van der Waals surface area contributed by atoms with Crippen molar-refractivity contribution in [3.8, 4) is 0 Å². The maximum absolute atomic E-state index is 12.4. The molecule has 29 heavy (non-hydrogen) atoms. The van der Waals surface area contributed by atoms with Gasteiger partial charge in [-0.05, 0) is 48.7 Å². The monoisotopic (exact) mass is 392 g/mol. The van der Waals surface area contributed by atoms with Crippen LogP contribution in [-0.2, 0) is 4.79 Å². The minimum absolute atomic E-state index is 0.00415. The fraction of sp³-hybridized carbons (Fsp3) is 0.318. The average molecular weight is 392 g/mol. The smallest absolute Gasteiger partial charge is 0.329 e. The van der Waals surface area contributed by atoms with Crippen LogP contribution in [0.1, 0.15) is 28.3 Å². The van der Waals surface area contributed by atoms with E-state index in [9.17, 15) is 14.4 Å². The Balaban J connectivity index is 1.24. The van der Waals surface area contributed by atoms with Crippen LogP contribution in [0.5, 0.6) is 0 Å². The zero-order valence-corrected chi connectivity index (χ0v) is 16.1. The number of carbonyl (C=O) groups is 3. The Morgan fingerprint density at radius 1 is 1.07 bits per heavy atom. The lowest BCUT2D eigenvalue weighted by atomic mass is 9.99. The quantitative estimate of drug-likeness (QED) is 0.737. The summed E-state index contributed by atoms with van der Waals surface area (Å²) < 4.78 is 0. The molecule has 0 aromatic heterocycles. The predicted octanol–water partition coefficient (Wildman–Crippen LogP) is 1.96. The molecule has 0 saturated carbocycles. The Bertz CT molecular complexity index is 898. The Kier molecular flexibility index (Phi) is 5.57. The fourth-order valence-corrected chi connectivity index (χ4v) is 3.91. The number of hydrogen-bond acceptors (Lipinski definition) is 4. The van der Waals surface area contributed by atoms with Gasteiger partial charge in [-0.1, -0.05) is 30.3 Å². The summed E-state index contributed by atoms with van der Waals surface area (Å²) in [6.07, 6.45) is 1.14. The number of urea groups is 1. The molecule has 0 radical (unpaired) electrons. The minimum Gasteiger partial charge on any atom is -0.351 e. The zero-order valence-electron chi connectivity index (χ0n) is 16.1. The van der Waals surface area contributed by atoms with Crippen molar-refractivity contribution in [2.75, 3.05) is 37.6 Å². The molecule has 2 aromatic rings. The van der Waals surface area contributed by atoms with E-state index in [2.05, 4.69) is 39.8 Å². The zero-order chi connectivity index (χ0) is 20.2. The summed E-state index contributed by atoms with van der Waals surface area (Å²) in [4.78, 5) is 39.1. The van der Waals surface area contributed by atoms with Gasteiger partial charge in [-0.25, -0.2) is 4.79 Å². The molecule has 7 heteroatoms. The lowest BCUT2D eigenvalue weighted by Gasteiger charge is -2.17. The van der Waals surface area contributed by atoms with Crippen LogP contribution in [0, 0.1) is 0 Å². The molecule has 4 rings (SSSR count). The van der Waals surface area contributed by atoms with Gasteiger partial charge in [-0.15, -0.1) is 0 Å². The third-order valence-corrected chi connectivity index (χ3v) is 5.49. The third-order valence-electron chi connectivity index (χ3n) is 5.49. The predicted molar refractivity (Wildman–Crippen MR) is 110 cm³/mol. The molecule has 0 aliphatic carbocycles. The molecular formula is C22H24N4O3. The summed E-state index contributed by atoms with van der Waals surface area (Å²) in [7, 11) is 0. The Morgan fingerprint density at radius 2 is 1.83 bits per heavy atom. The van der Waals surface area contributed by atoms with Gasteiger partial charge in [-0.2, -0.15) is 0 Å². The highest BCUT2D eigenvalue weighted by atomic mass is 16.2. The maximum atomic E-state index is 12.4. The van der Waals surface area contributed by atoms with E-state index in [0.717, 1.165) is 26.1 Å². The van der Waals surface area contributed by atoms with Crippen LogP contribution in [0.2, 0.25) is 0 Å². The summed E-state index contributed by atoms with van der Waals surface area (Å²) in [6.45, 7) is 3.48. The first-order valence-electron chi connectivity index (χ1n) is 9.87. The van der Waals surface area contributed by atoms with Gasteiger partial charge in [0.05, 0.1) is 0 Å². The molecule has 1 unspecified atom stereocenters. The topological polar surface area (TPSA) is 81.8 Å². The number of hydrogen-bond donors (Lipinski definition) is 2. The van der Waals surface area contributed by atoms with Gasteiger partial charge in [0.2, 0.25) is 5.91 Å². The highest BCUT2D eigenvalue weighted by molar-refractivity contribution is 6.12. The molecule has 2 aliphatic rings. The van der Waals surface area contributed by atoms with Crippen molar-refractivity contribution >= 4 is 23.5 Å². The standard InChI is InChI=1S/C22H24N4O3/c27-20-15-26(22(29)24-20)19-8-6-17(7-9-19)21(28)23-11-13-25-12-10-18(14-25)16-4-2-1-3-5-16/h1-9,18H,10-15H2,(H,23,28)(H,24,27,29). The average Bonchev–Trinajstić information content (AvgIpc) is 3.35. The van der Waals surface area contributed by atoms with Gasteiger partial charge < -0.3 is 10.2 Å². The third kappa shape index (κ3) is 4.46. The summed E-state index contributed by atoms with van der Waals surface area (Å²) in [5.74, 6) is 0.0969. The number of amides is 4. The molecule has 7 nitrogen and oxygen atoms in total. The van der Waals surface area contributed by atoms with Crippen LogP contribution in [0.15, 0.2) is 54.6 Å². The van der Waals surface area contributed by atoms with Gasteiger partial charge in [0, 0.05) is 30.9 Å². The number of nitrogens with zero attached hydrogens (tertiary/aromatic N) is 2. The van der Waals surface area contributed by atoms with Crippen LogP contribution >= 0.6 is 0 Å². The number of rotatable bonds is 6. The number of anilines is 1. The van der Waals surface area contributed by atoms with Crippen molar-refractivity contribution in [1.82, 2.24) is 15.5 Å². The molecule has 4 amide bonds. The lowest BCUT2D eigenvalue weighted by Crippen LogP contribution is -2.33. The Morgan fingerprint density at radius 3 is 2.52 bits per heavy atom. The molecule has 2 N–H and O–H groups in total. The van der Waals surface area contributed by atoms with E-state index in [-0.39, 0.29) is 18.4 Å². The van der Waals surface area contributed by atoms with Crippen molar-refractivity contribution < 1.29 is 14.4 Å². The van der Waals surface area contributed by atoms with Gasteiger partial charge in [0.1, 0.15) is 6.54 Å².